The first-order valence-electron chi connectivity index (χ1n) is 5.30. The molecule has 1 amide bonds. The summed E-state index contributed by atoms with van der Waals surface area (Å²) in [4.78, 5) is 25.9. The molecule has 0 fully saturated rings. The van der Waals surface area contributed by atoms with Crippen LogP contribution in [0.1, 0.15) is 36.3 Å². The quantitative estimate of drug-likeness (QED) is 0.887. The number of nitrogens with one attached hydrogen (secondary N) is 2. The van der Waals surface area contributed by atoms with Gasteiger partial charge in [-0.3, -0.25) is 9.59 Å². The number of H-pyrrole nitrogens is 1. The Morgan fingerprint density at radius 3 is 2.75 bits per heavy atom. The van der Waals surface area contributed by atoms with Crippen LogP contribution in [0, 0.1) is 0 Å². The molecule has 0 saturated heterocycles. The van der Waals surface area contributed by atoms with E-state index in [0.29, 0.717) is 6.54 Å². The van der Waals surface area contributed by atoms with Crippen molar-refractivity contribution in [1.82, 2.24) is 10.3 Å². The van der Waals surface area contributed by atoms with Gasteiger partial charge in [0, 0.05) is 16.7 Å². The molecule has 0 aliphatic rings. The van der Waals surface area contributed by atoms with Gasteiger partial charge in [0.05, 0.1) is 0 Å². The zero-order valence-electron chi connectivity index (χ0n) is 9.39. The standard InChI is InChI=1S/C11H15BrN2O2/c1-3-5-9-8(12)6-7(11(16)14-9)10(15)13-4-2/h6H,3-5H2,1-2H3,(H,13,15)(H,14,16). The molecule has 5 heteroatoms. The van der Waals surface area contributed by atoms with Crippen LogP contribution in [0.25, 0.3) is 0 Å². The van der Waals surface area contributed by atoms with Crippen molar-refractivity contribution >= 4 is 21.8 Å². The van der Waals surface area contributed by atoms with Crippen LogP contribution in [0.15, 0.2) is 15.3 Å². The van der Waals surface area contributed by atoms with Gasteiger partial charge in [-0.15, -0.1) is 0 Å². The lowest BCUT2D eigenvalue weighted by atomic mass is 10.2. The number of hydrogen-bond acceptors (Lipinski definition) is 2. The highest BCUT2D eigenvalue weighted by atomic mass is 79.9. The third kappa shape index (κ3) is 2.95. The number of carbonyl (C=O) groups is 1. The maximum atomic E-state index is 11.6. The lowest BCUT2D eigenvalue weighted by molar-refractivity contribution is 0.0954. The molecule has 1 rings (SSSR count). The van der Waals surface area contributed by atoms with Crippen LogP contribution in [0.5, 0.6) is 0 Å². The van der Waals surface area contributed by atoms with Crippen molar-refractivity contribution in [3.05, 3.63) is 32.2 Å². The molecule has 0 aliphatic carbocycles. The molecule has 0 spiro atoms. The van der Waals surface area contributed by atoms with E-state index >= 15 is 0 Å². The van der Waals surface area contributed by atoms with Crippen molar-refractivity contribution < 1.29 is 4.79 Å². The van der Waals surface area contributed by atoms with Crippen molar-refractivity contribution in [3.63, 3.8) is 0 Å². The van der Waals surface area contributed by atoms with Gasteiger partial charge in [0.15, 0.2) is 0 Å². The Labute approximate surface area is 103 Å². The van der Waals surface area contributed by atoms with Gasteiger partial charge in [0.2, 0.25) is 0 Å². The second-order valence-corrected chi connectivity index (χ2v) is 4.30. The SMILES string of the molecule is CCCc1[nH]c(=O)c(C(=O)NCC)cc1Br. The topological polar surface area (TPSA) is 62.0 Å². The summed E-state index contributed by atoms with van der Waals surface area (Å²) in [6.45, 7) is 4.35. The normalized spacial score (nSPS) is 10.2. The second kappa shape index (κ2) is 5.84. The number of pyridine rings is 1. The Balaban J connectivity index is 3.10. The van der Waals surface area contributed by atoms with Crippen molar-refractivity contribution in [1.29, 1.82) is 0 Å². The van der Waals surface area contributed by atoms with E-state index < -0.39 is 0 Å². The smallest absolute Gasteiger partial charge is 0.261 e. The predicted molar refractivity (Wildman–Crippen MR) is 66.8 cm³/mol. The number of aromatic amines is 1. The number of hydrogen-bond donors (Lipinski definition) is 2. The molecule has 0 radical (unpaired) electrons. The number of amides is 1. The van der Waals surface area contributed by atoms with Gasteiger partial charge < -0.3 is 10.3 Å². The van der Waals surface area contributed by atoms with E-state index in [1.54, 1.807) is 6.07 Å². The highest BCUT2D eigenvalue weighted by Crippen LogP contribution is 2.15. The minimum Gasteiger partial charge on any atom is -0.352 e. The summed E-state index contributed by atoms with van der Waals surface area (Å²) >= 11 is 3.35. The van der Waals surface area contributed by atoms with E-state index in [1.165, 1.54) is 0 Å². The Hall–Kier alpha value is -1.10. The monoisotopic (exact) mass is 286 g/mol. The lowest BCUT2D eigenvalue weighted by Gasteiger charge is -2.06. The summed E-state index contributed by atoms with van der Waals surface area (Å²) in [6.07, 6.45) is 1.72. The summed E-state index contributed by atoms with van der Waals surface area (Å²) in [5.41, 5.74) is 0.645. The summed E-state index contributed by atoms with van der Waals surface area (Å²) in [7, 11) is 0. The summed E-state index contributed by atoms with van der Waals surface area (Å²) < 4.78 is 0.773. The minimum atomic E-state index is -0.340. The van der Waals surface area contributed by atoms with Gasteiger partial charge in [-0.2, -0.15) is 0 Å². The minimum absolute atomic E-state index is 0.147. The number of halogens is 1. The van der Waals surface area contributed by atoms with Crippen molar-refractivity contribution in [3.8, 4) is 0 Å². The Morgan fingerprint density at radius 2 is 2.19 bits per heavy atom. The lowest BCUT2D eigenvalue weighted by Crippen LogP contribution is -2.29. The first-order valence-corrected chi connectivity index (χ1v) is 6.09. The van der Waals surface area contributed by atoms with Crippen LogP contribution in [0.3, 0.4) is 0 Å². The third-order valence-corrected chi connectivity index (χ3v) is 2.86. The highest BCUT2D eigenvalue weighted by molar-refractivity contribution is 9.10. The van der Waals surface area contributed by atoms with E-state index in [4.69, 9.17) is 0 Å². The molecule has 0 aliphatic heterocycles. The molecular weight excluding hydrogens is 272 g/mol. The van der Waals surface area contributed by atoms with Gasteiger partial charge in [0.1, 0.15) is 5.56 Å². The molecule has 1 aromatic heterocycles. The molecule has 0 saturated carbocycles. The molecular formula is C11H15BrN2O2. The molecule has 2 N–H and O–H groups in total. The van der Waals surface area contributed by atoms with Crippen LogP contribution < -0.4 is 10.9 Å². The molecule has 0 bridgehead atoms. The number of aromatic nitrogens is 1. The van der Waals surface area contributed by atoms with Gasteiger partial charge in [-0.1, -0.05) is 13.3 Å². The zero-order valence-corrected chi connectivity index (χ0v) is 11.0. The van der Waals surface area contributed by atoms with Crippen LogP contribution in [-0.4, -0.2) is 17.4 Å². The molecule has 16 heavy (non-hydrogen) atoms. The molecule has 0 unspecified atom stereocenters. The van der Waals surface area contributed by atoms with Gasteiger partial charge >= 0.3 is 0 Å². The Morgan fingerprint density at radius 1 is 1.50 bits per heavy atom. The fourth-order valence-electron chi connectivity index (χ4n) is 1.40. The summed E-state index contributed by atoms with van der Waals surface area (Å²) in [6, 6.07) is 1.58. The van der Waals surface area contributed by atoms with Crippen LogP contribution >= 0.6 is 15.9 Å². The predicted octanol–water partition coefficient (Wildman–Crippen LogP) is 1.84. The fourth-order valence-corrected chi connectivity index (χ4v) is 1.93. The zero-order chi connectivity index (χ0) is 12.1. The molecule has 88 valence electrons. The fraction of sp³-hybridized carbons (Fsp3) is 0.455. The van der Waals surface area contributed by atoms with Gasteiger partial charge in [-0.05, 0) is 35.3 Å². The second-order valence-electron chi connectivity index (χ2n) is 3.45. The van der Waals surface area contributed by atoms with E-state index in [-0.39, 0.29) is 17.0 Å². The average molecular weight is 287 g/mol. The van der Waals surface area contributed by atoms with E-state index in [1.807, 2.05) is 13.8 Å². The molecule has 0 aromatic carbocycles. The summed E-state index contributed by atoms with van der Waals surface area (Å²) in [5.74, 6) is -0.340. The Kier molecular flexibility index (Phi) is 4.73. The van der Waals surface area contributed by atoms with E-state index in [2.05, 4.69) is 26.2 Å². The van der Waals surface area contributed by atoms with Crippen molar-refractivity contribution in [2.45, 2.75) is 26.7 Å². The van der Waals surface area contributed by atoms with Crippen molar-refractivity contribution in [2.24, 2.45) is 0 Å². The summed E-state index contributed by atoms with van der Waals surface area (Å²) in [5, 5.41) is 2.60. The molecule has 4 nitrogen and oxygen atoms in total. The maximum absolute atomic E-state index is 11.6. The van der Waals surface area contributed by atoms with Crippen LogP contribution in [0.4, 0.5) is 0 Å². The molecule has 1 heterocycles. The molecule has 0 atom stereocenters. The number of carbonyl (C=O) groups excluding carboxylic acids is 1. The number of aryl methyl sites for hydroxylation is 1. The average Bonchev–Trinajstić information content (AvgIpc) is 2.23. The van der Waals surface area contributed by atoms with E-state index in [0.717, 1.165) is 23.0 Å². The largest absolute Gasteiger partial charge is 0.352 e. The van der Waals surface area contributed by atoms with E-state index in [9.17, 15) is 9.59 Å². The van der Waals surface area contributed by atoms with Gasteiger partial charge in [-0.25, -0.2) is 0 Å². The van der Waals surface area contributed by atoms with Crippen LogP contribution in [-0.2, 0) is 6.42 Å². The van der Waals surface area contributed by atoms with Gasteiger partial charge in [0.25, 0.3) is 11.5 Å². The molecule has 1 aromatic rings. The maximum Gasteiger partial charge on any atom is 0.261 e. The highest BCUT2D eigenvalue weighted by Gasteiger charge is 2.12. The third-order valence-electron chi connectivity index (χ3n) is 2.15. The van der Waals surface area contributed by atoms with Crippen LogP contribution in [0.2, 0.25) is 0 Å². The Bertz CT molecular complexity index is 440. The first-order chi connectivity index (χ1) is 7.60. The first kappa shape index (κ1) is 13.0. The number of rotatable bonds is 4. The van der Waals surface area contributed by atoms with Crippen molar-refractivity contribution in [2.75, 3.05) is 6.54 Å².